The van der Waals surface area contributed by atoms with E-state index in [-0.39, 0.29) is 5.91 Å². The molecule has 7 heteroatoms. The third kappa shape index (κ3) is 6.11. The highest BCUT2D eigenvalue weighted by Crippen LogP contribution is 2.22. The minimum absolute atomic E-state index is 0.0562. The Morgan fingerprint density at radius 3 is 2.36 bits per heavy atom. The number of carbonyl (C=O) groups is 1. The summed E-state index contributed by atoms with van der Waals surface area (Å²) in [5, 5.41) is 13.5. The first-order chi connectivity index (χ1) is 13.6. The van der Waals surface area contributed by atoms with Gasteiger partial charge in [0.1, 0.15) is 0 Å². The van der Waals surface area contributed by atoms with E-state index in [0.717, 1.165) is 29.9 Å². The maximum absolute atomic E-state index is 11.8. The van der Waals surface area contributed by atoms with Crippen LogP contribution >= 0.6 is 0 Å². The Morgan fingerprint density at radius 2 is 1.75 bits per heavy atom. The van der Waals surface area contributed by atoms with Gasteiger partial charge in [-0.1, -0.05) is 31.1 Å². The molecular weight excluding hydrogens is 354 g/mol. The van der Waals surface area contributed by atoms with Gasteiger partial charge in [-0.3, -0.25) is 9.79 Å². The fraction of sp³-hybridized carbons (Fsp3) is 0.476. The summed E-state index contributed by atoms with van der Waals surface area (Å²) in [4.78, 5) is 16.0. The largest absolute Gasteiger partial charge is 0.359 e. The second kappa shape index (κ2) is 11.1. The van der Waals surface area contributed by atoms with Gasteiger partial charge in [-0.05, 0) is 37.5 Å². The van der Waals surface area contributed by atoms with Crippen LogP contribution in [0.5, 0.6) is 0 Å². The van der Waals surface area contributed by atoms with Crippen LogP contribution in [0.1, 0.15) is 66.9 Å². The van der Waals surface area contributed by atoms with Gasteiger partial charge < -0.3 is 20.5 Å². The van der Waals surface area contributed by atoms with Gasteiger partial charge >= 0.3 is 0 Å². The number of amides is 1. The lowest BCUT2D eigenvalue weighted by atomic mass is 9.99. The molecule has 0 unspecified atom stereocenters. The van der Waals surface area contributed by atoms with Crippen LogP contribution in [-0.2, 0) is 13.1 Å². The molecule has 0 radical (unpaired) electrons. The average molecular weight is 386 g/mol. The van der Waals surface area contributed by atoms with Crippen LogP contribution in [0.3, 0.4) is 0 Å². The molecule has 152 valence electrons. The molecule has 1 aromatic heterocycles. The first-order valence-corrected chi connectivity index (χ1v) is 9.88. The van der Waals surface area contributed by atoms with Crippen molar-refractivity contribution in [2.45, 2.75) is 52.6 Å². The molecule has 0 aliphatic rings. The molecule has 3 N–H and O–H groups in total. The Balaban J connectivity index is 1.84. The summed E-state index contributed by atoms with van der Waals surface area (Å²) >= 11 is 0. The van der Waals surface area contributed by atoms with Crippen LogP contribution in [-0.4, -0.2) is 30.6 Å². The molecule has 28 heavy (non-hydrogen) atoms. The highest BCUT2D eigenvalue weighted by molar-refractivity contribution is 5.94. The number of aromatic nitrogens is 1. The Hall–Kier alpha value is -2.83. The number of benzene rings is 1. The molecule has 0 atom stereocenters. The maximum Gasteiger partial charge on any atom is 0.251 e. The van der Waals surface area contributed by atoms with Crippen LogP contribution in [0.15, 0.2) is 39.8 Å². The molecule has 0 fully saturated rings. The second-order valence-corrected chi connectivity index (χ2v) is 6.57. The van der Waals surface area contributed by atoms with Crippen molar-refractivity contribution >= 4 is 11.9 Å². The van der Waals surface area contributed by atoms with Crippen LogP contribution < -0.4 is 16.0 Å². The minimum atomic E-state index is -0.0562. The number of hydrogen-bond acceptors (Lipinski definition) is 4. The zero-order chi connectivity index (χ0) is 20.4. The Bertz CT molecular complexity index is 763. The summed E-state index contributed by atoms with van der Waals surface area (Å²) in [6, 6.07) is 9.53. The third-order valence-electron chi connectivity index (χ3n) is 4.65. The Labute approximate surface area is 167 Å². The Kier molecular flexibility index (Phi) is 8.52. The molecule has 1 heterocycles. The number of nitrogens with zero attached hydrogens (tertiary/aromatic N) is 2. The van der Waals surface area contributed by atoms with Crippen molar-refractivity contribution < 1.29 is 9.32 Å². The van der Waals surface area contributed by atoms with Gasteiger partial charge in [-0.25, -0.2) is 0 Å². The van der Waals surface area contributed by atoms with Crippen molar-refractivity contribution in [1.29, 1.82) is 0 Å². The van der Waals surface area contributed by atoms with E-state index in [1.54, 1.807) is 7.05 Å². The van der Waals surface area contributed by atoms with Crippen LogP contribution in [0.2, 0.25) is 0 Å². The highest BCUT2D eigenvalue weighted by Gasteiger charge is 2.13. The molecule has 0 saturated carbocycles. The van der Waals surface area contributed by atoms with Gasteiger partial charge in [-0.2, -0.15) is 0 Å². The van der Waals surface area contributed by atoms with Crippen molar-refractivity contribution in [2.24, 2.45) is 4.99 Å². The van der Waals surface area contributed by atoms with E-state index in [9.17, 15) is 4.79 Å². The van der Waals surface area contributed by atoms with Crippen LogP contribution in [0.25, 0.3) is 0 Å². The lowest BCUT2D eigenvalue weighted by molar-refractivity contribution is 0.0956. The second-order valence-electron chi connectivity index (χ2n) is 6.57. The van der Waals surface area contributed by atoms with Gasteiger partial charge in [-0.15, -0.1) is 0 Å². The van der Waals surface area contributed by atoms with E-state index in [1.165, 1.54) is 0 Å². The predicted molar refractivity (Wildman–Crippen MR) is 111 cm³/mol. The smallest absolute Gasteiger partial charge is 0.251 e. The van der Waals surface area contributed by atoms with E-state index in [1.807, 2.05) is 37.3 Å². The lowest BCUT2D eigenvalue weighted by Crippen LogP contribution is -2.36. The van der Waals surface area contributed by atoms with E-state index >= 15 is 0 Å². The van der Waals surface area contributed by atoms with Crippen molar-refractivity contribution in [3.63, 3.8) is 0 Å². The number of nitrogens with one attached hydrogen (secondary N) is 3. The van der Waals surface area contributed by atoms with Crippen molar-refractivity contribution in [2.75, 3.05) is 13.6 Å². The van der Waals surface area contributed by atoms with Gasteiger partial charge in [0.05, 0.1) is 12.2 Å². The molecule has 1 amide bonds. The topological polar surface area (TPSA) is 91.5 Å². The van der Waals surface area contributed by atoms with E-state index in [2.05, 4.69) is 39.9 Å². The molecule has 0 bridgehead atoms. The zero-order valence-electron chi connectivity index (χ0n) is 17.2. The Morgan fingerprint density at radius 1 is 1.07 bits per heavy atom. The normalized spacial score (nSPS) is 11.5. The number of rotatable bonds is 9. The highest BCUT2D eigenvalue weighted by atomic mass is 16.5. The van der Waals surface area contributed by atoms with Crippen molar-refractivity contribution in [1.82, 2.24) is 21.1 Å². The van der Waals surface area contributed by atoms with E-state index < -0.39 is 0 Å². The number of guanidine groups is 1. The SMILES string of the molecule is CCNC(=O)c1ccc(CNC(=NC)NCc2cc(C(CC)CC)no2)cc1. The number of carbonyl (C=O) groups excluding carboxylic acids is 1. The van der Waals surface area contributed by atoms with E-state index in [0.29, 0.717) is 37.1 Å². The van der Waals surface area contributed by atoms with Crippen LogP contribution in [0, 0.1) is 0 Å². The first kappa shape index (κ1) is 21.5. The van der Waals surface area contributed by atoms with Gasteiger partial charge in [0.25, 0.3) is 5.91 Å². The number of hydrogen-bond donors (Lipinski definition) is 3. The standard InChI is InChI=1S/C21H31N5O2/c1-5-16(6-2)19-12-18(28-26-19)14-25-21(22-4)24-13-15-8-10-17(11-9-15)20(27)23-7-3/h8-12,16H,5-7,13-14H2,1-4H3,(H,23,27)(H2,22,24,25). The van der Waals surface area contributed by atoms with Gasteiger partial charge in [0.2, 0.25) is 0 Å². The molecule has 7 nitrogen and oxygen atoms in total. The van der Waals surface area contributed by atoms with Crippen molar-refractivity contribution in [3.8, 4) is 0 Å². The summed E-state index contributed by atoms with van der Waals surface area (Å²) in [6.07, 6.45) is 2.11. The van der Waals surface area contributed by atoms with Gasteiger partial charge in [0, 0.05) is 37.7 Å². The first-order valence-electron chi connectivity index (χ1n) is 9.88. The zero-order valence-corrected chi connectivity index (χ0v) is 17.2. The molecule has 2 rings (SSSR count). The quantitative estimate of drug-likeness (QED) is 0.455. The lowest BCUT2D eigenvalue weighted by Gasteiger charge is -2.11. The summed E-state index contributed by atoms with van der Waals surface area (Å²) < 4.78 is 5.43. The fourth-order valence-corrected chi connectivity index (χ4v) is 2.93. The molecule has 1 aromatic carbocycles. The molecule has 0 saturated heterocycles. The van der Waals surface area contributed by atoms with Crippen molar-refractivity contribution in [3.05, 3.63) is 52.9 Å². The molecule has 0 spiro atoms. The summed E-state index contributed by atoms with van der Waals surface area (Å²) in [5.74, 6) is 1.85. The molecule has 0 aliphatic heterocycles. The summed E-state index contributed by atoms with van der Waals surface area (Å²) in [6.45, 7) is 7.97. The predicted octanol–water partition coefficient (Wildman–Crippen LogP) is 3.19. The molecule has 0 aliphatic carbocycles. The molecule has 2 aromatic rings. The molecular formula is C21H31N5O2. The summed E-state index contributed by atoms with van der Waals surface area (Å²) in [5.41, 5.74) is 2.73. The fourth-order valence-electron chi connectivity index (χ4n) is 2.93. The van der Waals surface area contributed by atoms with Crippen LogP contribution in [0.4, 0.5) is 0 Å². The monoisotopic (exact) mass is 385 g/mol. The third-order valence-corrected chi connectivity index (χ3v) is 4.65. The average Bonchev–Trinajstić information content (AvgIpc) is 3.18. The minimum Gasteiger partial charge on any atom is -0.359 e. The summed E-state index contributed by atoms with van der Waals surface area (Å²) in [7, 11) is 1.73. The van der Waals surface area contributed by atoms with E-state index in [4.69, 9.17) is 4.52 Å². The van der Waals surface area contributed by atoms with Gasteiger partial charge in [0.15, 0.2) is 11.7 Å². The maximum atomic E-state index is 11.8. The number of aliphatic imine (C=N–C) groups is 1.